The van der Waals surface area contributed by atoms with Crippen molar-refractivity contribution in [3.05, 3.63) is 36.5 Å². The number of hydrogen-bond acceptors (Lipinski definition) is 8. The van der Waals surface area contributed by atoms with Gasteiger partial charge < -0.3 is 24.6 Å². The van der Waals surface area contributed by atoms with E-state index in [1.807, 2.05) is 0 Å². The van der Waals surface area contributed by atoms with E-state index >= 15 is 0 Å². The Balaban J connectivity index is 4.00. The third kappa shape index (κ3) is 54.0. The lowest BCUT2D eigenvalue weighted by atomic mass is 10.0. The van der Waals surface area contributed by atoms with Crippen molar-refractivity contribution in [3.63, 3.8) is 0 Å². The normalized spacial score (nSPS) is 13.9. The fourth-order valence-electron chi connectivity index (χ4n) is 8.43. The number of allylic oxidation sites excluding steroid dienone is 6. The predicted octanol–water partition coefficient (Wildman–Crippen LogP) is 17.5. The van der Waals surface area contributed by atoms with E-state index in [4.69, 9.17) is 23.6 Å². The highest BCUT2D eigenvalue weighted by molar-refractivity contribution is 7.47. The van der Waals surface area contributed by atoms with Crippen LogP contribution in [0.1, 0.15) is 284 Å². The molecule has 402 valence electrons. The summed E-state index contributed by atoms with van der Waals surface area (Å²) in [7, 11) is -4.53. The molecule has 0 bridgehead atoms. The zero-order chi connectivity index (χ0) is 49.5. The highest BCUT2D eigenvalue weighted by Gasteiger charge is 2.26. The summed E-state index contributed by atoms with van der Waals surface area (Å²) >= 11 is 0. The van der Waals surface area contributed by atoms with Gasteiger partial charge in [0.15, 0.2) is 0 Å². The molecule has 3 unspecified atom stereocenters. The number of aliphatic hydroxyl groups is 2. The van der Waals surface area contributed by atoms with E-state index in [2.05, 4.69) is 50.3 Å². The zero-order valence-electron chi connectivity index (χ0n) is 44.6. The first-order valence-corrected chi connectivity index (χ1v) is 30.5. The number of carbonyl (C=O) groups is 1. The summed E-state index contributed by atoms with van der Waals surface area (Å²) in [6.45, 7) is 3.56. The van der Waals surface area contributed by atoms with Gasteiger partial charge in [0.25, 0.3) is 0 Å². The molecule has 68 heavy (non-hydrogen) atoms. The van der Waals surface area contributed by atoms with Crippen molar-refractivity contribution in [2.45, 2.75) is 296 Å². The number of aliphatic hydroxyl groups excluding tert-OH is 2. The summed E-state index contributed by atoms with van der Waals surface area (Å²) < 4.78 is 33.6. The average Bonchev–Trinajstić information content (AvgIpc) is 3.33. The molecule has 9 nitrogen and oxygen atoms in total. The summed E-state index contributed by atoms with van der Waals surface area (Å²) in [5.41, 5.74) is 0. The number of rotatable bonds is 56. The number of unbranched alkanes of at least 4 members (excludes halogenated alkanes) is 36. The molecule has 0 fully saturated rings. The Bertz CT molecular complexity index is 1160. The lowest BCUT2D eigenvalue weighted by molar-refractivity contribution is -0.154. The molecule has 0 aliphatic rings. The van der Waals surface area contributed by atoms with Gasteiger partial charge in [0.05, 0.1) is 26.4 Å². The van der Waals surface area contributed by atoms with Crippen LogP contribution in [0.5, 0.6) is 0 Å². The van der Waals surface area contributed by atoms with Crippen molar-refractivity contribution in [1.82, 2.24) is 0 Å². The Kier molecular flexibility index (Phi) is 53.9. The third-order valence-electron chi connectivity index (χ3n) is 12.8. The van der Waals surface area contributed by atoms with E-state index in [-0.39, 0.29) is 25.6 Å². The summed E-state index contributed by atoms with van der Waals surface area (Å²) in [6, 6.07) is 0. The van der Waals surface area contributed by atoms with Crippen LogP contribution in [0.4, 0.5) is 0 Å². The maximum atomic E-state index is 12.7. The number of ether oxygens (including phenoxy) is 2. The molecular formula is C58H111O9P. The van der Waals surface area contributed by atoms with Crippen LogP contribution in [0, 0.1) is 0 Å². The molecular weight excluding hydrogens is 872 g/mol. The van der Waals surface area contributed by atoms with Crippen LogP contribution < -0.4 is 0 Å². The summed E-state index contributed by atoms with van der Waals surface area (Å²) in [5.74, 6) is -0.384. The van der Waals surface area contributed by atoms with E-state index in [1.165, 1.54) is 205 Å². The van der Waals surface area contributed by atoms with Crippen molar-refractivity contribution in [2.75, 3.05) is 33.0 Å². The quantitative estimate of drug-likeness (QED) is 0.0236. The molecule has 0 aromatic rings. The smallest absolute Gasteiger partial charge is 0.457 e. The van der Waals surface area contributed by atoms with Crippen molar-refractivity contribution < 1.29 is 43.0 Å². The lowest BCUT2D eigenvalue weighted by Crippen LogP contribution is -2.29. The molecule has 10 heteroatoms. The second kappa shape index (κ2) is 55.0. The minimum Gasteiger partial charge on any atom is -0.457 e. The van der Waals surface area contributed by atoms with Gasteiger partial charge in [0, 0.05) is 13.0 Å². The first kappa shape index (κ1) is 66.7. The number of hydrogen-bond donors (Lipinski definition) is 3. The molecule has 3 atom stereocenters. The predicted molar refractivity (Wildman–Crippen MR) is 288 cm³/mol. The Morgan fingerprint density at radius 3 is 1.19 bits per heavy atom. The Morgan fingerprint density at radius 2 is 0.794 bits per heavy atom. The average molecular weight is 983 g/mol. The van der Waals surface area contributed by atoms with Crippen LogP contribution in [0.2, 0.25) is 0 Å². The zero-order valence-corrected chi connectivity index (χ0v) is 45.5. The van der Waals surface area contributed by atoms with Gasteiger partial charge in [-0.25, -0.2) is 4.57 Å². The Morgan fingerprint density at radius 1 is 0.456 bits per heavy atom. The number of phosphoric acid groups is 1. The van der Waals surface area contributed by atoms with Crippen LogP contribution in [0.3, 0.4) is 0 Å². The second-order valence-corrected chi connectivity index (χ2v) is 21.1. The van der Waals surface area contributed by atoms with Gasteiger partial charge in [-0.1, -0.05) is 262 Å². The maximum absolute atomic E-state index is 12.7. The molecule has 0 amide bonds. The fourth-order valence-corrected chi connectivity index (χ4v) is 9.22. The number of esters is 1. The lowest BCUT2D eigenvalue weighted by Gasteiger charge is -2.20. The number of phosphoric ester groups is 1. The second-order valence-electron chi connectivity index (χ2n) is 19.7. The largest absolute Gasteiger partial charge is 0.472 e. The van der Waals surface area contributed by atoms with Crippen LogP contribution in [0.25, 0.3) is 0 Å². The van der Waals surface area contributed by atoms with Crippen molar-refractivity contribution >= 4 is 13.8 Å². The first-order valence-electron chi connectivity index (χ1n) is 29.0. The standard InChI is InChI=1S/C58H111O9P/c1-3-5-7-9-11-13-15-17-19-21-23-25-27-29-31-33-35-37-39-41-43-45-47-49-51-64-54-57(55-66-68(62,63)65-53-56(60)52-59)67-58(61)50-48-46-44-42-40-38-36-34-32-30-28-26-24-22-20-18-16-14-12-10-8-6-4-2/h16,18,22,24,28,30,56-57,59-60H,3-15,17,19-21,23,25-27,29,31-55H2,1-2H3,(H,62,63)/b18-16-,24-22-,30-28-. The van der Waals surface area contributed by atoms with Gasteiger partial charge >= 0.3 is 13.8 Å². The summed E-state index contributed by atoms with van der Waals surface area (Å²) in [6.07, 6.45) is 64.1. The van der Waals surface area contributed by atoms with Gasteiger partial charge in [0.2, 0.25) is 0 Å². The molecule has 0 aromatic heterocycles. The van der Waals surface area contributed by atoms with E-state index in [0.717, 1.165) is 57.8 Å². The monoisotopic (exact) mass is 983 g/mol. The fraction of sp³-hybridized carbons (Fsp3) is 0.879. The van der Waals surface area contributed by atoms with Gasteiger partial charge in [-0.2, -0.15) is 0 Å². The maximum Gasteiger partial charge on any atom is 0.472 e. The van der Waals surface area contributed by atoms with Crippen LogP contribution in [-0.4, -0.2) is 66.3 Å². The highest BCUT2D eigenvalue weighted by atomic mass is 31.2. The molecule has 0 saturated carbocycles. The van der Waals surface area contributed by atoms with Gasteiger partial charge in [0.1, 0.15) is 12.2 Å². The van der Waals surface area contributed by atoms with Crippen molar-refractivity contribution in [2.24, 2.45) is 0 Å². The first-order chi connectivity index (χ1) is 33.3. The van der Waals surface area contributed by atoms with Crippen LogP contribution in [-0.2, 0) is 27.9 Å². The molecule has 3 N–H and O–H groups in total. The van der Waals surface area contributed by atoms with E-state index in [1.54, 1.807) is 0 Å². The molecule has 0 aromatic carbocycles. The molecule has 0 aliphatic carbocycles. The Hall–Kier alpha value is -1.32. The minimum atomic E-state index is -4.53. The van der Waals surface area contributed by atoms with Crippen LogP contribution >= 0.6 is 7.82 Å². The number of carbonyl (C=O) groups excluding carboxylic acids is 1. The summed E-state index contributed by atoms with van der Waals surface area (Å²) in [4.78, 5) is 22.8. The highest BCUT2D eigenvalue weighted by Crippen LogP contribution is 2.43. The SMILES string of the molecule is CCCCCCC/C=C\C/C=C\C/C=C\CCCCCCCCCCC(=O)OC(COCCCCCCCCCCCCCCCCCCCCCCCCCC)COP(=O)(O)OCC(O)CO. The van der Waals surface area contributed by atoms with Gasteiger partial charge in [-0.3, -0.25) is 13.8 Å². The molecule has 0 heterocycles. The minimum absolute atomic E-state index is 0.0500. The van der Waals surface area contributed by atoms with Gasteiger partial charge in [-0.15, -0.1) is 0 Å². The van der Waals surface area contributed by atoms with Gasteiger partial charge in [-0.05, 0) is 51.4 Å². The molecule has 0 saturated heterocycles. The third-order valence-corrected chi connectivity index (χ3v) is 13.8. The summed E-state index contributed by atoms with van der Waals surface area (Å²) in [5, 5.41) is 18.5. The molecule has 0 spiro atoms. The van der Waals surface area contributed by atoms with E-state index in [0.29, 0.717) is 6.61 Å². The van der Waals surface area contributed by atoms with E-state index in [9.17, 15) is 19.4 Å². The topological polar surface area (TPSA) is 132 Å². The van der Waals surface area contributed by atoms with Crippen molar-refractivity contribution in [3.8, 4) is 0 Å². The Labute approximate surface area is 420 Å². The molecule has 0 rings (SSSR count). The van der Waals surface area contributed by atoms with E-state index < -0.39 is 33.2 Å². The van der Waals surface area contributed by atoms with Crippen molar-refractivity contribution in [1.29, 1.82) is 0 Å². The molecule has 0 radical (unpaired) electrons. The molecule has 0 aliphatic heterocycles. The van der Waals surface area contributed by atoms with Crippen LogP contribution in [0.15, 0.2) is 36.5 Å².